The molecule has 0 heterocycles. The van der Waals surface area contributed by atoms with Crippen molar-refractivity contribution in [3.05, 3.63) is 131 Å². The summed E-state index contributed by atoms with van der Waals surface area (Å²) >= 11 is 0. The third-order valence-electron chi connectivity index (χ3n) is 5.11. The summed E-state index contributed by atoms with van der Waals surface area (Å²) in [7, 11) is 0. The van der Waals surface area contributed by atoms with Crippen molar-refractivity contribution in [2.75, 3.05) is 10.6 Å². The summed E-state index contributed by atoms with van der Waals surface area (Å²) in [5.41, 5.74) is -1.44. The lowest BCUT2D eigenvalue weighted by atomic mass is 10.1. The Morgan fingerprint density at radius 2 is 0.825 bits per heavy atom. The van der Waals surface area contributed by atoms with Crippen LogP contribution in [0.25, 0.3) is 0 Å². The summed E-state index contributed by atoms with van der Waals surface area (Å²) in [4.78, 5) is 23.6. The molecule has 0 saturated carbocycles. The Morgan fingerprint density at radius 3 is 1.12 bits per heavy atom. The van der Waals surface area contributed by atoms with Crippen LogP contribution in [0, 0.1) is 11.6 Å². The van der Waals surface area contributed by atoms with E-state index < -0.39 is 46.9 Å². The second-order valence-electron chi connectivity index (χ2n) is 8.08. The zero-order chi connectivity index (χ0) is 29.5. The van der Waals surface area contributed by atoms with E-state index >= 15 is 0 Å². The van der Waals surface area contributed by atoms with Crippen molar-refractivity contribution >= 4 is 23.2 Å². The Hall–Kier alpha value is -4.74. The number of nitrogens with one attached hydrogen (secondary N) is 2. The van der Waals surface area contributed by atoms with Gasteiger partial charge in [0.15, 0.2) is 0 Å². The Morgan fingerprint density at radius 1 is 0.500 bits per heavy atom. The molecule has 2 amide bonds. The van der Waals surface area contributed by atoms with Gasteiger partial charge in [-0.15, -0.1) is 0 Å². The summed E-state index contributed by atoms with van der Waals surface area (Å²) in [6.45, 7) is 0. The molecule has 208 valence electrons. The molecule has 4 nitrogen and oxygen atoms in total. The van der Waals surface area contributed by atoms with E-state index in [4.69, 9.17) is 0 Å². The normalized spacial score (nSPS) is 11.2. The van der Waals surface area contributed by atoms with Crippen molar-refractivity contribution in [1.29, 1.82) is 0 Å². The highest BCUT2D eigenvalue weighted by Crippen LogP contribution is 2.30. The number of benzene rings is 4. The molecule has 0 spiro atoms. The number of halogens is 8. The van der Waals surface area contributed by atoms with E-state index in [1.165, 1.54) is 36.4 Å². The molecule has 0 saturated heterocycles. The highest BCUT2D eigenvalue weighted by atomic mass is 19.4. The van der Waals surface area contributed by atoms with Crippen LogP contribution in [-0.4, -0.2) is 11.8 Å². The Balaban J connectivity index is 0.000000220. The van der Waals surface area contributed by atoms with Crippen LogP contribution in [-0.2, 0) is 12.4 Å². The van der Waals surface area contributed by atoms with Gasteiger partial charge in [-0.25, -0.2) is 8.78 Å². The van der Waals surface area contributed by atoms with Crippen molar-refractivity contribution < 1.29 is 44.7 Å². The molecular formula is C28H18F8N2O2. The topological polar surface area (TPSA) is 58.2 Å². The van der Waals surface area contributed by atoms with Crippen LogP contribution in [0.2, 0.25) is 0 Å². The molecule has 40 heavy (non-hydrogen) atoms. The van der Waals surface area contributed by atoms with Crippen LogP contribution >= 0.6 is 0 Å². The summed E-state index contributed by atoms with van der Waals surface area (Å²) in [6, 6.07) is 18.0. The SMILES string of the molecule is O=C(Nc1ccc(F)cc1)c1cccc(C(F)(F)F)c1.O=C(Nc1ccc(F)cc1)c1cccc(C(F)(F)F)c1. The van der Waals surface area contributed by atoms with Crippen LogP contribution in [0.15, 0.2) is 97.1 Å². The standard InChI is InChI=1S/2C14H9F4NO/c2*15-11-4-6-12(7-5-11)19-13(20)9-2-1-3-10(8-9)14(16,17)18/h2*1-8H,(H,19,20). The van der Waals surface area contributed by atoms with Gasteiger partial charge in [-0.05, 0) is 84.9 Å². The van der Waals surface area contributed by atoms with Gasteiger partial charge in [0, 0.05) is 22.5 Å². The maximum atomic E-state index is 12.7. The average Bonchev–Trinajstić information content (AvgIpc) is 2.91. The number of carbonyl (C=O) groups excluding carboxylic acids is 2. The van der Waals surface area contributed by atoms with E-state index in [1.54, 1.807) is 0 Å². The first kappa shape index (κ1) is 29.8. The highest BCUT2D eigenvalue weighted by molar-refractivity contribution is 6.05. The van der Waals surface area contributed by atoms with E-state index in [2.05, 4.69) is 10.6 Å². The molecule has 4 rings (SSSR count). The van der Waals surface area contributed by atoms with Gasteiger partial charge < -0.3 is 10.6 Å². The molecule has 12 heteroatoms. The lowest BCUT2D eigenvalue weighted by molar-refractivity contribution is -0.138. The number of hydrogen-bond donors (Lipinski definition) is 2. The van der Waals surface area contributed by atoms with Crippen LogP contribution in [0.3, 0.4) is 0 Å². The van der Waals surface area contributed by atoms with Gasteiger partial charge in [0.2, 0.25) is 0 Å². The molecule has 0 aromatic heterocycles. The molecule has 0 radical (unpaired) electrons. The van der Waals surface area contributed by atoms with Gasteiger partial charge in [-0.1, -0.05) is 12.1 Å². The van der Waals surface area contributed by atoms with Crippen LogP contribution in [0.5, 0.6) is 0 Å². The van der Waals surface area contributed by atoms with E-state index in [0.29, 0.717) is 11.4 Å². The highest BCUT2D eigenvalue weighted by Gasteiger charge is 2.31. The average molecular weight is 566 g/mol. The fourth-order valence-corrected chi connectivity index (χ4v) is 3.15. The largest absolute Gasteiger partial charge is 0.416 e. The van der Waals surface area contributed by atoms with Crippen molar-refractivity contribution in [1.82, 2.24) is 0 Å². The number of hydrogen-bond acceptors (Lipinski definition) is 2. The molecule has 0 bridgehead atoms. The first-order valence-electron chi connectivity index (χ1n) is 11.2. The lowest BCUT2D eigenvalue weighted by Crippen LogP contribution is -2.13. The van der Waals surface area contributed by atoms with Crippen molar-refractivity contribution in [2.24, 2.45) is 0 Å². The summed E-state index contributed by atoms with van der Waals surface area (Å²) in [5.74, 6) is -2.32. The molecule has 0 aliphatic heterocycles. The van der Waals surface area contributed by atoms with E-state index in [0.717, 1.165) is 60.7 Å². The van der Waals surface area contributed by atoms with Crippen molar-refractivity contribution in [2.45, 2.75) is 12.4 Å². The summed E-state index contributed by atoms with van der Waals surface area (Å²) in [5, 5.41) is 4.78. The second-order valence-corrected chi connectivity index (χ2v) is 8.08. The molecule has 0 unspecified atom stereocenters. The molecular weight excluding hydrogens is 548 g/mol. The van der Waals surface area contributed by atoms with E-state index in [9.17, 15) is 44.7 Å². The third-order valence-corrected chi connectivity index (χ3v) is 5.11. The molecule has 0 aliphatic rings. The fourth-order valence-electron chi connectivity index (χ4n) is 3.15. The summed E-state index contributed by atoms with van der Waals surface area (Å²) < 4.78 is 101. The minimum atomic E-state index is -4.51. The molecule has 4 aromatic rings. The minimum Gasteiger partial charge on any atom is -0.322 e. The van der Waals surface area contributed by atoms with Gasteiger partial charge in [-0.3, -0.25) is 9.59 Å². The number of carbonyl (C=O) groups is 2. The maximum absolute atomic E-state index is 12.7. The van der Waals surface area contributed by atoms with Crippen LogP contribution < -0.4 is 10.6 Å². The number of amides is 2. The second kappa shape index (κ2) is 12.4. The van der Waals surface area contributed by atoms with Gasteiger partial charge in [0.05, 0.1) is 11.1 Å². The molecule has 0 atom stereocenters. The van der Waals surface area contributed by atoms with Gasteiger partial charge in [-0.2, -0.15) is 26.3 Å². The summed E-state index contributed by atoms with van der Waals surface area (Å²) in [6.07, 6.45) is -9.02. The zero-order valence-electron chi connectivity index (χ0n) is 20.1. The minimum absolute atomic E-state index is 0.121. The predicted molar refractivity (Wildman–Crippen MR) is 132 cm³/mol. The van der Waals surface area contributed by atoms with Gasteiger partial charge in [0.25, 0.3) is 11.8 Å². The van der Waals surface area contributed by atoms with Crippen molar-refractivity contribution in [3.8, 4) is 0 Å². The van der Waals surface area contributed by atoms with E-state index in [-0.39, 0.29) is 11.1 Å². The predicted octanol–water partition coefficient (Wildman–Crippen LogP) is 8.19. The van der Waals surface area contributed by atoms with Crippen LogP contribution in [0.4, 0.5) is 46.5 Å². The molecule has 0 fully saturated rings. The van der Waals surface area contributed by atoms with Crippen molar-refractivity contribution in [3.63, 3.8) is 0 Å². The first-order valence-corrected chi connectivity index (χ1v) is 11.2. The quantitative estimate of drug-likeness (QED) is 0.245. The molecule has 2 N–H and O–H groups in total. The number of anilines is 2. The number of alkyl halides is 6. The third kappa shape index (κ3) is 8.65. The number of rotatable bonds is 4. The Labute approximate surface area is 222 Å². The first-order chi connectivity index (χ1) is 18.7. The lowest BCUT2D eigenvalue weighted by Gasteiger charge is -2.09. The molecule has 0 aliphatic carbocycles. The zero-order valence-corrected chi connectivity index (χ0v) is 20.1. The molecule has 4 aromatic carbocycles. The monoisotopic (exact) mass is 566 g/mol. The smallest absolute Gasteiger partial charge is 0.322 e. The Kier molecular flexibility index (Phi) is 9.25. The van der Waals surface area contributed by atoms with Gasteiger partial charge in [0.1, 0.15) is 11.6 Å². The Bertz CT molecular complexity index is 1350. The fraction of sp³-hybridized carbons (Fsp3) is 0.0714. The maximum Gasteiger partial charge on any atom is 0.416 e. The van der Waals surface area contributed by atoms with Crippen LogP contribution in [0.1, 0.15) is 31.8 Å². The van der Waals surface area contributed by atoms with Gasteiger partial charge >= 0.3 is 12.4 Å². The van der Waals surface area contributed by atoms with E-state index in [1.807, 2.05) is 0 Å².